The summed E-state index contributed by atoms with van der Waals surface area (Å²) in [6.45, 7) is 27.4. The fraction of sp³-hybridized carbons (Fsp3) is 0.606. The van der Waals surface area contributed by atoms with E-state index in [1.807, 2.05) is 0 Å². The molecule has 2 rings (SSSR count). The first-order valence-corrected chi connectivity index (χ1v) is 13.4. The van der Waals surface area contributed by atoms with Crippen LogP contribution in [-0.2, 0) is 44.0 Å². The Morgan fingerprint density at radius 3 is 0.972 bits per heavy atom. The molecule has 0 aliphatic carbocycles. The Morgan fingerprint density at radius 1 is 0.500 bits per heavy atom. The number of benzene rings is 2. The fourth-order valence-electron chi connectivity index (χ4n) is 3.95. The van der Waals surface area contributed by atoms with Crippen molar-refractivity contribution in [1.82, 2.24) is 0 Å². The molecule has 0 aliphatic rings. The minimum atomic E-state index is -0.596. The summed E-state index contributed by atoms with van der Waals surface area (Å²) in [5.41, 5.74) is 7.85. The summed E-state index contributed by atoms with van der Waals surface area (Å²) in [6.07, 6.45) is 0.746. The van der Waals surface area contributed by atoms with Gasteiger partial charge in [0.1, 0.15) is 0 Å². The maximum atomic E-state index is 12.3. The molecule has 36 heavy (non-hydrogen) atoms. The average molecular weight is 495 g/mol. The molecule has 0 heterocycles. The van der Waals surface area contributed by atoms with E-state index in [-0.39, 0.29) is 21.7 Å². The predicted molar refractivity (Wildman–Crippen MR) is 152 cm³/mol. The average Bonchev–Trinajstić information content (AvgIpc) is 2.71. The van der Waals surface area contributed by atoms with Gasteiger partial charge in [-0.05, 0) is 55.0 Å². The molecular weight excluding hydrogens is 444 g/mol. The fourth-order valence-corrected chi connectivity index (χ4v) is 3.95. The highest BCUT2D eigenvalue weighted by Gasteiger charge is 2.22. The maximum Gasteiger partial charge on any atom is 0.508 e. The summed E-state index contributed by atoms with van der Waals surface area (Å²) < 4.78 is 10.9. The van der Waals surface area contributed by atoms with Crippen molar-refractivity contribution >= 4 is 6.16 Å². The lowest BCUT2D eigenvalue weighted by Gasteiger charge is -2.26. The normalized spacial score (nSPS) is 13.0. The summed E-state index contributed by atoms with van der Waals surface area (Å²) in [5, 5.41) is 0. The molecule has 200 valence electrons. The van der Waals surface area contributed by atoms with Crippen molar-refractivity contribution in [2.75, 3.05) is 13.2 Å². The smallest absolute Gasteiger partial charge is 0.434 e. The van der Waals surface area contributed by atoms with Crippen molar-refractivity contribution < 1.29 is 14.3 Å². The number of hydrogen-bond donors (Lipinski definition) is 0. The minimum absolute atomic E-state index is 0.0624. The molecule has 2 aromatic carbocycles. The third-order valence-electron chi connectivity index (χ3n) is 6.67. The lowest BCUT2D eigenvalue weighted by molar-refractivity contribution is 0.0569. The van der Waals surface area contributed by atoms with E-state index in [1.165, 1.54) is 33.4 Å². The van der Waals surface area contributed by atoms with Gasteiger partial charge in [0.25, 0.3) is 0 Å². The molecule has 0 aromatic heterocycles. The molecule has 3 nitrogen and oxygen atoms in total. The number of ether oxygens (including phenoxy) is 2. The van der Waals surface area contributed by atoms with Crippen LogP contribution in [-0.4, -0.2) is 19.4 Å². The highest BCUT2D eigenvalue weighted by Crippen LogP contribution is 2.31. The van der Waals surface area contributed by atoms with Crippen molar-refractivity contribution in [3.63, 3.8) is 0 Å². The van der Waals surface area contributed by atoms with Crippen LogP contribution in [0.3, 0.4) is 0 Å². The maximum absolute atomic E-state index is 12.3. The second-order valence-electron chi connectivity index (χ2n) is 14.3. The number of hydrogen-bond acceptors (Lipinski definition) is 3. The Bertz CT molecular complexity index is 887. The first-order chi connectivity index (χ1) is 16.3. The molecule has 0 atom stereocenters. The van der Waals surface area contributed by atoms with E-state index in [9.17, 15) is 4.79 Å². The van der Waals surface area contributed by atoms with Crippen LogP contribution >= 0.6 is 0 Å². The quantitative estimate of drug-likeness (QED) is 0.376. The highest BCUT2D eigenvalue weighted by molar-refractivity contribution is 5.59. The van der Waals surface area contributed by atoms with E-state index in [0.29, 0.717) is 26.1 Å². The first-order valence-electron chi connectivity index (χ1n) is 13.4. The van der Waals surface area contributed by atoms with Crippen LogP contribution in [0.1, 0.15) is 116 Å². The Balaban J connectivity index is 1.98. The molecular formula is C33H50O3. The molecule has 0 amide bonds. The molecule has 0 fully saturated rings. The molecule has 0 aliphatic heterocycles. The van der Waals surface area contributed by atoms with Gasteiger partial charge in [0.15, 0.2) is 0 Å². The van der Waals surface area contributed by atoms with E-state index >= 15 is 0 Å². The van der Waals surface area contributed by atoms with Crippen LogP contribution in [0.2, 0.25) is 0 Å². The second-order valence-corrected chi connectivity index (χ2v) is 14.3. The monoisotopic (exact) mass is 494 g/mol. The highest BCUT2D eigenvalue weighted by atomic mass is 16.7. The predicted octanol–water partition coefficient (Wildman–Crippen LogP) is 8.82. The van der Waals surface area contributed by atoms with Crippen molar-refractivity contribution in [2.24, 2.45) is 0 Å². The summed E-state index contributed by atoms with van der Waals surface area (Å²) in [6, 6.07) is 13.5. The summed E-state index contributed by atoms with van der Waals surface area (Å²) in [7, 11) is 0. The Morgan fingerprint density at radius 2 is 0.750 bits per heavy atom. The number of rotatable bonds is 6. The molecule has 2 aromatic rings. The van der Waals surface area contributed by atoms with Gasteiger partial charge in [0.05, 0.1) is 13.2 Å². The van der Waals surface area contributed by atoms with E-state index in [1.54, 1.807) is 0 Å². The van der Waals surface area contributed by atoms with Gasteiger partial charge < -0.3 is 9.47 Å². The zero-order chi connectivity index (χ0) is 27.5. The van der Waals surface area contributed by atoms with Crippen LogP contribution in [0.15, 0.2) is 36.4 Å². The zero-order valence-electron chi connectivity index (χ0n) is 25.0. The third kappa shape index (κ3) is 8.98. The Labute approximate surface area is 221 Å². The molecule has 3 heteroatoms. The SMILES string of the molecule is CC(C)(C)c1cc(CCOC(=O)OCCc2cc(C(C)(C)C)cc(C(C)(C)C)c2)cc(C(C)(C)C)c1. The lowest BCUT2D eigenvalue weighted by atomic mass is 9.79. The molecule has 0 N–H and O–H groups in total. The van der Waals surface area contributed by atoms with Gasteiger partial charge >= 0.3 is 6.16 Å². The van der Waals surface area contributed by atoms with E-state index in [0.717, 1.165) is 0 Å². The molecule has 0 bridgehead atoms. The molecule has 0 spiro atoms. The summed E-state index contributed by atoms with van der Waals surface area (Å²) >= 11 is 0. The van der Waals surface area contributed by atoms with Crippen molar-refractivity contribution in [3.8, 4) is 0 Å². The van der Waals surface area contributed by atoms with Crippen LogP contribution < -0.4 is 0 Å². The molecule has 0 saturated heterocycles. The molecule has 0 radical (unpaired) electrons. The Hall–Kier alpha value is -2.29. The van der Waals surface area contributed by atoms with Gasteiger partial charge in [-0.25, -0.2) is 4.79 Å². The minimum Gasteiger partial charge on any atom is -0.434 e. The molecule has 0 saturated carbocycles. The summed E-state index contributed by atoms with van der Waals surface area (Å²) in [4.78, 5) is 12.3. The first kappa shape index (κ1) is 29.9. The van der Waals surface area contributed by atoms with Gasteiger partial charge in [0, 0.05) is 12.8 Å². The van der Waals surface area contributed by atoms with E-state index in [2.05, 4.69) is 119 Å². The number of carbonyl (C=O) groups is 1. The third-order valence-corrected chi connectivity index (χ3v) is 6.67. The van der Waals surface area contributed by atoms with Crippen LogP contribution in [0.5, 0.6) is 0 Å². The zero-order valence-corrected chi connectivity index (χ0v) is 25.0. The second kappa shape index (κ2) is 11.0. The Kier molecular flexibility index (Phi) is 9.14. The van der Waals surface area contributed by atoms with Gasteiger partial charge in [-0.2, -0.15) is 0 Å². The van der Waals surface area contributed by atoms with E-state index in [4.69, 9.17) is 9.47 Å². The van der Waals surface area contributed by atoms with Crippen molar-refractivity contribution in [1.29, 1.82) is 0 Å². The topological polar surface area (TPSA) is 35.5 Å². The van der Waals surface area contributed by atoms with Gasteiger partial charge in [-0.15, -0.1) is 0 Å². The van der Waals surface area contributed by atoms with Crippen LogP contribution in [0, 0.1) is 0 Å². The summed E-state index contributed by atoms with van der Waals surface area (Å²) in [5.74, 6) is 0. The van der Waals surface area contributed by atoms with Gasteiger partial charge in [0.2, 0.25) is 0 Å². The van der Waals surface area contributed by atoms with Crippen LogP contribution in [0.4, 0.5) is 4.79 Å². The van der Waals surface area contributed by atoms with Crippen molar-refractivity contribution in [2.45, 2.75) is 118 Å². The standard InChI is InChI=1S/C33H50O3/c1-30(2,3)25-17-23(18-26(21-25)31(4,5)6)13-15-35-29(34)36-16-14-24-19-27(32(7,8)9)22-28(20-24)33(10,11)12/h17-22H,13-16H2,1-12H3. The van der Waals surface area contributed by atoms with E-state index < -0.39 is 6.16 Å². The van der Waals surface area contributed by atoms with Crippen LogP contribution in [0.25, 0.3) is 0 Å². The van der Waals surface area contributed by atoms with Gasteiger partial charge in [-0.1, -0.05) is 119 Å². The molecule has 0 unspecified atom stereocenters. The van der Waals surface area contributed by atoms with Gasteiger partial charge in [-0.3, -0.25) is 0 Å². The largest absolute Gasteiger partial charge is 0.508 e. The number of carbonyl (C=O) groups excluding carboxylic acids is 1. The van der Waals surface area contributed by atoms with Crippen molar-refractivity contribution in [3.05, 3.63) is 69.8 Å². The lowest BCUT2D eigenvalue weighted by Crippen LogP contribution is -2.18.